The number of amides is 1. The average Bonchev–Trinajstić information content (AvgIpc) is 2.46. The summed E-state index contributed by atoms with van der Waals surface area (Å²) in [5, 5.41) is 5.34. The highest BCUT2D eigenvalue weighted by Crippen LogP contribution is 2.19. The summed E-state index contributed by atoms with van der Waals surface area (Å²) in [4.78, 5) is 11.3. The van der Waals surface area contributed by atoms with E-state index in [2.05, 4.69) is 10.6 Å². The van der Waals surface area contributed by atoms with E-state index in [0.29, 0.717) is 5.56 Å². The maximum absolute atomic E-state index is 13.3. The van der Waals surface area contributed by atoms with Crippen molar-refractivity contribution >= 4 is 23.2 Å². The van der Waals surface area contributed by atoms with Crippen LogP contribution in [-0.2, 0) is 4.79 Å². The number of carbonyl (C=O) groups is 1. The zero-order valence-corrected chi connectivity index (χ0v) is 7.90. The van der Waals surface area contributed by atoms with Crippen LogP contribution < -0.4 is 10.6 Å². The molecule has 1 amide bonds. The first kappa shape index (κ1) is 9.08. The molecule has 0 aromatic heterocycles. The van der Waals surface area contributed by atoms with E-state index >= 15 is 0 Å². The third-order valence-corrected chi connectivity index (χ3v) is 2.21. The van der Waals surface area contributed by atoms with E-state index in [4.69, 9.17) is 12.2 Å². The van der Waals surface area contributed by atoms with Gasteiger partial charge in [-0.2, -0.15) is 0 Å². The zero-order chi connectivity index (χ0) is 10.1. The van der Waals surface area contributed by atoms with Gasteiger partial charge >= 0.3 is 0 Å². The minimum absolute atomic E-state index is 0.239. The van der Waals surface area contributed by atoms with Gasteiger partial charge in [-0.3, -0.25) is 4.79 Å². The zero-order valence-electron chi connectivity index (χ0n) is 7.08. The highest BCUT2D eigenvalue weighted by molar-refractivity contribution is 7.80. The van der Waals surface area contributed by atoms with Gasteiger partial charge < -0.3 is 10.6 Å². The molecule has 1 heterocycles. The van der Waals surface area contributed by atoms with E-state index < -0.39 is 11.9 Å². The minimum atomic E-state index is -0.705. The summed E-state index contributed by atoms with van der Waals surface area (Å²) >= 11 is 4.75. The molecule has 0 spiro atoms. The summed E-state index contributed by atoms with van der Waals surface area (Å²) in [6, 6.07) is 5.41. The fraction of sp³-hybridized carbons (Fsp3) is 0.111. The fourth-order valence-electron chi connectivity index (χ4n) is 1.34. The quantitative estimate of drug-likeness (QED) is 0.676. The Balaban J connectivity index is 2.36. The molecule has 0 aliphatic carbocycles. The summed E-state index contributed by atoms with van der Waals surface area (Å²) in [6.45, 7) is 0. The first-order valence-corrected chi connectivity index (χ1v) is 4.45. The largest absolute Gasteiger partial charge is 0.347 e. The van der Waals surface area contributed by atoms with Gasteiger partial charge in [0.1, 0.15) is 11.9 Å². The minimum Gasteiger partial charge on any atom is -0.347 e. The predicted octanol–water partition coefficient (Wildman–Crippen LogP) is 0.871. The molecular weight excluding hydrogens is 203 g/mol. The number of rotatable bonds is 1. The van der Waals surface area contributed by atoms with E-state index in [9.17, 15) is 9.18 Å². The van der Waals surface area contributed by atoms with Crippen molar-refractivity contribution in [3.8, 4) is 0 Å². The van der Waals surface area contributed by atoms with Crippen molar-refractivity contribution in [1.29, 1.82) is 0 Å². The third kappa shape index (κ3) is 1.46. The Bertz CT molecular complexity index is 408. The van der Waals surface area contributed by atoms with Crippen LogP contribution in [0.25, 0.3) is 0 Å². The van der Waals surface area contributed by atoms with Gasteiger partial charge in [-0.25, -0.2) is 4.39 Å². The first-order valence-electron chi connectivity index (χ1n) is 4.04. The van der Waals surface area contributed by atoms with E-state index in [0.717, 1.165) is 0 Å². The van der Waals surface area contributed by atoms with E-state index in [1.165, 1.54) is 6.07 Å². The molecule has 1 aromatic carbocycles. The third-order valence-electron chi connectivity index (χ3n) is 1.99. The van der Waals surface area contributed by atoms with Crippen molar-refractivity contribution in [2.75, 3.05) is 0 Å². The molecule has 1 fully saturated rings. The van der Waals surface area contributed by atoms with Crippen molar-refractivity contribution < 1.29 is 9.18 Å². The lowest BCUT2D eigenvalue weighted by Crippen LogP contribution is -2.21. The van der Waals surface area contributed by atoms with Gasteiger partial charge in [0.25, 0.3) is 5.91 Å². The smallest absolute Gasteiger partial charge is 0.253 e. The average molecular weight is 210 g/mol. The highest BCUT2D eigenvalue weighted by atomic mass is 32.1. The van der Waals surface area contributed by atoms with Crippen LogP contribution in [0.1, 0.15) is 11.6 Å². The van der Waals surface area contributed by atoms with Gasteiger partial charge in [0.2, 0.25) is 0 Å². The molecule has 1 aromatic rings. The lowest BCUT2D eigenvalue weighted by Gasteiger charge is -2.08. The molecular formula is C9H7FN2OS. The molecule has 14 heavy (non-hydrogen) atoms. The first-order chi connectivity index (χ1) is 6.68. The Morgan fingerprint density at radius 1 is 1.36 bits per heavy atom. The molecule has 0 bridgehead atoms. The second-order valence-corrected chi connectivity index (χ2v) is 3.33. The van der Waals surface area contributed by atoms with Gasteiger partial charge in [-0.05, 0) is 18.3 Å². The number of halogens is 1. The molecule has 0 radical (unpaired) electrons. The summed E-state index contributed by atoms with van der Waals surface area (Å²) in [6.07, 6.45) is 0. The molecule has 1 unspecified atom stereocenters. The number of carbonyl (C=O) groups excluding carboxylic acids is 1. The van der Waals surface area contributed by atoms with Gasteiger partial charge in [-0.15, -0.1) is 0 Å². The maximum Gasteiger partial charge on any atom is 0.253 e. The monoisotopic (exact) mass is 210 g/mol. The van der Waals surface area contributed by atoms with Crippen molar-refractivity contribution in [2.45, 2.75) is 6.04 Å². The topological polar surface area (TPSA) is 41.1 Å². The van der Waals surface area contributed by atoms with Crippen LogP contribution in [0.5, 0.6) is 0 Å². The molecule has 2 rings (SSSR count). The summed E-state index contributed by atoms with van der Waals surface area (Å²) in [7, 11) is 0. The Hall–Kier alpha value is -1.49. The van der Waals surface area contributed by atoms with Crippen molar-refractivity contribution in [1.82, 2.24) is 10.6 Å². The second kappa shape index (κ2) is 3.34. The van der Waals surface area contributed by atoms with Crippen LogP contribution in [0.3, 0.4) is 0 Å². The second-order valence-electron chi connectivity index (χ2n) is 2.92. The number of benzene rings is 1. The van der Waals surface area contributed by atoms with Crippen molar-refractivity contribution in [3.63, 3.8) is 0 Å². The van der Waals surface area contributed by atoms with Crippen molar-refractivity contribution in [2.24, 2.45) is 0 Å². The van der Waals surface area contributed by atoms with Crippen LogP contribution in [0.15, 0.2) is 24.3 Å². The SMILES string of the molecule is O=C1NC(=S)NC1c1ccccc1F. The molecule has 1 atom stereocenters. The Morgan fingerprint density at radius 2 is 2.07 bits per heavy atom. The Kier molecular flexibility index (Phi) is 2.17. The lowest BCUT2D eigenvalue weighted by atomic mass is 10.1. The molecule has 2 N–H and O–H groups in total. The number of hydrogen-bond acceptors (Lipinski definition) is 2. The van der Waals surface area contributed by atoms with Crippen LogP contribution in [0, 0.1) is 5.82 Å². The molecule has 0 saturated carbocycles. The fourth-order valence-corrected chi connectivity index (χ4v) is 1.56. The van der Waals surface area contributed by atoms with Crippen molar-refractivity contribution in [3.05, 3.63) is 35.6 Å². The standard InChI is InChI=1S/C9H7FN2OS/c10-6-4-2-1-3-5(6)7-8(13)12-9(14)11-7/h1-4,7H,(H2,11,12,13,14). The molecule has 1 saturated heterocycles. The molecule has 3 nitrogen and oxygen atoms in total. The summed E-state index contributed by atoms with van der Waals surface area (Å²) < 4.78 is 13.3. The summed E-state index contributed by atoms with van der Waals surface area (Å²) in [5.74, 6) is -0.732. The van der Waals surface area contributed by atoms with Crippen LogP contribution >= 0.6 is 12.2 Å². The van der Waals surface area contributed by atoms with Gasteiger partial charge in [-0.1, -0.05) is 18.2 Å². The number of nitrogens with one attached hydrogen (secondary N) is 2. The molecule has 5 heteroatoms. The van der Waals surface area contributed by atoms with Crippen LogP contribution in [0.2, 0.25) is 0 Å². The maximum atomic E-state index is 13.3. The van der Waals surface area contributed by atoms with Crippen LogP contribution in [0.4, 0.5) is 4.39 Å². The van der Waals surface area contributed by atoms with E-state index in [1.54, 1.807) is 18.2 Å². The van der Waals surface area contributed by atoms with Crippen LogP contribution in [-0.4, -0.2) is 11.0 Å². The molecule has 72 valence electrons. The van der Waals surface area contributed by atoms with E-state index in [-0.39, 0.29) is 11.0 Å². The number of hydrogen-bond donors (Lipinski definition) is 2. The normalized spacial score (nSPS) is 20.5. The van der Waals surface area contributed by atoms with E-state index in [1.807, 2.05) is 0 Å². The molecule has 1 aliphatic heterocycles. The highest BCUT2D eigenvalue weighted by Gasteiger charge is 2.30. The van der Waals surface area contributed by atoms with Gasteiger partial charge in [0, 0.05) is 5.56 Å². The lowest BCUT2D eigenvalue weighted by molar-refractivity contribution is -0.120. The van der Waals surface area contributed by atoms with Gasteiger partial charge in [0.05, 0.1) is 0 Å². The Labute approximate surface area is 85.3 Å². The number of thiocarbonyl (C=S) groups is 1. The molecule has 1 aliphatic rings. The van der Waals surface area contributed by atoms with Gasteiger partial charge in [0.15, 0.2) is 5.11 Å². The predicted molar refractivity (Wildman–Crippen MR) is 53.0 cm³/mol. The summed E-state index contributed by atoms with van der Waals surface area (Å²) in [5.41, 5.74) is 0.310. The Morgan fingerprint density at radius 3 is 2.64 bits per heavy atom.